The molecular formula is C26H31N3O2S. The molecule has 168 valence electrons. The molecule has 2 amide bonds. The summed E-state index contributed by atoms with van der Waals surface area (Å²) in [5, 5.41) is 4.43. The zero-order chi connectivity index (χ0) is 22.1. The van der Waals surface area contributed by atoms with Gasteiger partial charge < -0.3 is 19.5 Å². The van der Waals surface area contributed by atoms with Gasteiger partial charge in [-0.15, -0.1) is 11.3 Å². The number of amides is 2. The lowest BCUT2D eigenvalue weighted by Crippen LogP contribution is -2.42. The van der Waals surface area contributed by atoms with Crippen molar-refractivity contribution in [1.29, 1.82) is 0 Å². The number of carbonyl (C=O) groups excluding carboxylic acids is 1. The predicted octanol–water partition coefficient (Wildman–Crippen LogP) is 5.84. The van der Waals surface area contributed by atoms with Crippen molar-refractivity contribution in [3.8, 4) is 10.8 Å². The van der Waals surface area contributed by atoms with E-state index < -0.39 is 0 Å². The van der Waals surface area contributed by atoms with Crippen molar-refractivity contribution in [2.75, 3.05) is 13.2 Å². The van der Waals surface area contributed by atoms with Gasteiger partial charge in [0.05, 0.1) is 24.9 Å². The van der Waals surface area contributed by atoms with E-state index in [0.717, 1.165) is 36.3 Å². The van der Waals surface area contributed by atoms with Gasteiger partial charge in [0.2, 0.25) is 0 Å². The van der Waals surface area contributed by atoms with Crippen LogP contribution >= 0.6 is 11.3 Å². The maximum Gasteiger partial charge on any atom is 0.318 e. The second-order valence-electron chi connectivity index (χ2n) is 8.56. The SMILES string of the molecule is CCCNC(=O)N1Cc2c(sc3c2CCCC3)-n2cccc2[C@H]1c1ccc(OCC)cc1. The topological polar surface area (TPSA) is 46.5 Å². The van der Waals surface area contributed by atoms with Gasteiger partial charge in [-0.2, -0.15) is 0 Å². The number of nitrogens with one attached hydrogen (secondary N) is 1. The third-order valence-corrected chi connectivity index (χ3v) is 7.81. The second-order valence-corrected chi connectivity index (χ2v) is 9.65. The summed E-state index contributed by atoms with van der Waals surface area (Å²) in [5.74, 6) is 0.857. The van der Waals surface area contributed by atoms with E-state index >= 15 is 0 Å². The van der Waals surface area contributed by atoms with Gasteiger partial charge in [0, 0.05) is 23.2 Å². The number of benzene rings is 1. The zero-order valence-corrected chi connectivity index (χ0v) is 19.7. The third-order valence-electron chi connectivity index (χ3n) is 6.47. The molecule has 0 saturated heterocycles. The first-order valence-electron chi connectivity index (χ1n) is 11.8. The molecule has 1 aromatic carbocycles. The minimum absolute atomic E-state index is 0.00194. The number of fused-ring (bicyclic) bond motifs is 5. The quantitative estimate of drug-likeness (QED) is 0.532. The van der Waals surface area contributed by atoms with Crippen LogP contribution in [0.25, 0.3) is 5.00 Å². The van der Waals surface area contributed by atoms with Crippen LogP contribution < -0.4 is 10.1 Å². The minimum Gasteiger partial charge on any atom is -0.494 e. The fourth-order valence-corrected chi connectivity index (χ4v) is 6.39. The fraction of sp³-hybridized carbons (Fsp3) is 0.423. The molecule has 3 heterocycles. The maximum atomic E-state index is 13.5. The summed E-state index contributed by atoms with van der Waals surface area (Å²) in [5.41, 5.74) is 5.06. The van der Waals surface area contributed by atoms with Crippen LogP contribution in [-0.2, 0) is 19.4 Å². The molecule has 0 saturated carbocycles. The van der Waals surface area contributed by atoms with E-state index in [1.807, 2.05) is 35.3 Å². The molecule has 3 aromatic rings. The van der Waals surface area contributed by atoms with Crippen molar-refractivity contribution in [1.82, 2.24) is 14.8 Å². The Morgan fingerprint density at radius 3 is 2.72 bits per heavy atom. The van der Waals surface area contributed by atoms with Crippen molar-refractivity contribution in [2.45, 2.75) is 58.5 Å². The number of ether oxygens (including phenoxy) is 1. The van der Waals surface area contributed by atoms with Crippen LogP contribution in [0.3, 0.4) is 0 Å². The molecule has 2 aliphatic rings. The Morgan fingerprint density at radius 2 is 1.94 bits per heavy atom. The van der Waals surface area contributed by atoms with Crippen LogP contribution in [0.5, 0.6) is 5.75 Å². The molecule has 1 aliphatic heterocycles. The highest BCUT2D eigenvalue weighted by Gasteiger charge is 2.35. The molecule has 1 aliphatic carbocycles. The summed E-state index contributed by atoms with van der Waals surface area (Å²) in [6.07, 6.45) is 7.86. The monoisotopic (exact) mass is 449 g/mol. The number of aryl methyl sites for hydroxylation is 1. The smallest absolute Gasteiger partial charge is 0.318 e. The van der Waals surface area contributed by atoms with Crippen LogP contribution in [0.4, 0.5) is 4.79 Å². The largest absolute Gasteiger partial charge is 0.494 e. The van der Waals surface area contributed by atoms with Gasteiger partial charge in [-0.25, -0.2) is 4.79 Å². The van der Waals surface area contributed by atoms with E-state index in [9.17, 15) is 4.79 Å². The van der Waals surface area contributed by atoms with Gasteiger partial charge in [0.1, 0.15) is 10.8 Å². The van der Waals surface area contributed by atoms with Gasteiger partial charge in [-0.3, -0.25) is 0 Å². The number of carbonyl (C=O) groups is 1. The lowest BCUT2D eigenvalue weighted by Gasteiger charge is -2.31. The molecule has 5 nitrogen and oxygen atoms in total. The number of hydrogen-bond donors (Lipinski definition) is 1. The summed E-state index contributed by atoms with van der Waals surface area (Å²) in [4.78, 5) is 17.0. The average molecular weight is 450 g/mol. The molecule has 2 aromatic heterocycles. The normalized spacial score (nSPS) is 17.2. The molecule has 0 bridgehead atoms. The lowest BCUT2D eigenvalue weighted by molar-refractivity contribution is 0.180. The lowest BCUT2D eigenvalue weighted by atomic mass is 9.95. The average Bonchev–Trinajstić information content (AvgIpc) is 3.40. The zero-order valence-electron chi connectivity index (χ0n) is 18.9. The highest BCUT2D eigenvalue weighted by molar-refractivity contribution is 7.15. The van der Waals surface area contributed by atoms with E-state index in [4.69, 9.17) is 4.74 Å². The van der Waals surface area contributed by atoms with Gasteiger partial charge in [0.25, 0.3) is 0 Å². The van der Waals surface area contributed by atoms with Crippen LogP contribution in [0.15, 0.2) is 42.6 Å². The van der Waals surface area contributed by atoms with Crippen molar-refractivity contribution >= 4 is 17.4 Å². The van der Waals surface area contributed by atoms with E-state index in [0.29, 0.717) is 19.7 Å². The van der Waals surface area contributed by atoms with E-state index in [2.05, 4.69) is 47.3 Å². The molecule has 0 fully saturated rings. The Kier molecular flexibility index (Phi) is 5.96. The van der Waals surface area contributed by atoms with Gasteiger partial charge in [-0.05, 0) is 74.4 Å². The maximum absolute atomic E-state index is 13.5. The highest BCUT2D eigenvalue weighted by atomic mass is 32.1. The Labute approximate surface area is 194 Å². The van der Waals surface area contributed by atoms with Crippen LogP contribution in [-0.4, -0.2) is 28.6 Å². The second kappa shape index (κ2) is 9.02. The summed E-state index contributed by atoms with van der Waals surface area (Å²) in [7, 11) is 0. The first-order valence-corrected chi connectivity index (χ1v) is 12.6. The number of thiophene rings is 1. The van der Waals surface area contributed by atoms with E-state index in [1.165, 1.54) is 33.8 Å². The van der Waals surface area contributed by atoms with Crippen molar-refractivity contribution < 1.29 is 9.53 Å². The van der Waals surface area contributed by atoms with Crippen LogP contribution in [0.1, 0.15) is 66.4 Å². The van der Waals surface area contributed by atoms with Gasteiger partial charge in [-0.1, -0.05) is 19.1 Å². The Bertz CT molecular complexity index is 1100. The third kappa shape index (κ3) is 3.71. The Hall–Kier alpha value is -2.73. The van der Waals surface area contributed by atoms with Gasteiger partial charge in [0.15, 0.2) is 0 Å². The molecule has 5 rings (SSSR count). The first kappa shape index (κ1) is 21.1. The summed E-state index contributed by atoms with van der Waals surface area (Å²) >= 11 is 1.92. The number of nitrogens with zero attached hydrogens (tertiary/aromatic N) is 2. The predicted molar refractivity (Wildman–Crippen MR) is 129 cm³/mol. The summed E-state index contributed by atoms with van der Waals surface area (Å²) in [6.45, 7) is 6.04. The molecule has 32 heavy (non-hydrogen) atoms. The molecule has 0 spiro atoms. The molecule has 6 heteroatoms. The van der Waals surface area contributed by atoms with E-state index in [1.54, 1.807) is 0 Å². The molecular weight excluding hydrogens is 418 g/mol. The fourth-order valence-electron chi connectivity index (χ4n) is 4.98. The Morgan fingerprint density at radius 1 is 1.12 bits per heavy atom. The summed E-state index contributed by atoms with van der Waals surface area (Å²) < 4.78 is 7.98. The standard InChI is InChI=1S/C26H31N3O2S/c1-3-15-27-26(30)29-17-21-20-8-5-6-10-23(20)32-25(21)28-16-7-9-22(28)24(29)18-11-13-19(14-12-18)31-4-2/h7,9,11-14,16,24H,3-6,8,10,15,17H2,1-2H3,(H,27,30)/t24-/m1/s1. The molecule has 0 unspecified atom stereocenters. The number of urea groups is 1. The molecule has 1 N–H and O–H groups in total. The van der Waals surface area contributed by atoms with Crippen LogP contribution in [0, 0.1) is 0 Å². The number of hydrogen-bond acceptors (Lipinski definition) is 3. The van der Waals surface area contributed by atoms with Crippen molar-refractivity contribution in [2.24, 2.45) is 0 Å². The molecule has 1 atom stereocenters. The number of aromatic nitrogens is 1. The van der Waals surface area contributed by atoms with Gasteiger partial charge >= 0.3 is 6.03 Å². The van der Waals surface area contributed by atoms with Crippen molar-refractivity contribution in [3.63, 3.8) is 0 Å². The van der Waals surface area contributed by atoms with E-state index in [-0.39, 0.29) is 12.1 Å². The minimum atomic E-state index is -0.156. The number of rotatable bonds is 5. The Balaban J connectivity index is 1.63. The summed E-state index contributed by atoms with van der Waals surface area (Å²) in [6, 6.07) is 12.3. The van der Waals surface area contributed by atoms with Crippen LogP contribution in [0.2, 0.25) is 0 Å². The van der Waals surface area contributed by atoms with Crippen molar-refractivity contribution in [3.05, 3.63) is 69.9 Å². The molecule has 0 radical (unpaired) electrons. The first-order chi connectivity index (χ1) is 15.7. The highest BCUT2D eigenvalue weighted by Crippen LogP contribution is 2.44.